The third-order valence-electron chi connectivity index (χ3n) is 3.07. The highest BCUT2D eigenvalue weighted by molar-refractivity contribution is 5.75. The van der Waals surface area contributed by atoms with Gasteiger partial charge in [-0.1, -0.05) is 0 Å². The number of nitrogens with one attached hydrogen (secondary N) is 1. The molecule has 3 saturated heterocycles. The van der Waals surface area contributed by atoms with Crippen LogP contribution < -0.4 is 5.43 Å². The lowest BCUT2D eigenvalue weighted by atomic mass is 9.93. The molecule has 16 heavy (non-hydrogen) atoms. The van der Waals surface area contributed by atoms with E-state index < -0.39 is 18.2 Å². The number of carbonyl (C=O) groups is 1. The molecule has 4 nitrogen and oxygen atoms in total. The van der Waals surface area contributed by atoms with Crippen LogP contribution in [-0.2, 0) is 9.53 Å². The maximum atomic E-state index is 12.0. The lowest BCUT2D eigenvalue weighted by Crippen LogP contribution is -2.40. The fourth-order valence-electron chi connectivity index (χ4n) is 2.16. The van der Waals surface area contributed by atoms with Crippen molar-refractivity contribution in [3.63, 3.8) is 0 Å². The van der Waals surface area contributed by atoms with Crippen LogP contribution in [0.3, 0.4) is 0 Å². The van der Waals surface area contributed by atoms with Crippen molar-refractivity contribution in [2.24, 2.45) is 5.92 Å². The number of nitrogens with zero attached hydrogens (tertiary/aromatic N) is 1. The average Bonchev–Trinajstić information content (AvgIpc) is 2.51. The number of hydrazine groups is 1. The molecule has 0 aliphatic carbocycles. The van der Waals surface area contributed by atoms with E-state index in [0.29, 0.717) is 0 Å². The second kappa shape index (κ2) is 4.21. The molecule has 3 aliphatic heterocycles. The van der Waals surface area contributed by atoms with Gasteiger partial charge in [0.2, 0.25) is 0 Å². The number of alkyl halides is 3. The van der Waals surface area contributed by atoms with Gasteiger partial charge in [0.25, 0.3) is 0 Å². The number of carbonyl (C=O) groups excluding carboxylic acids is 1. The summed E-state index contributed by atoms with van der Waals surface area (Å²) in [4.78, 5) is 10.7. The highest BCUT2D eigenvalue weighted by Gasteiger charge is 2.44. The van der Waals surface area contributed by atoms with E-state index in [2.05, 4.69) is 10.2 Å². The highest BCUT2D eigenvalue weighted by Crippen LogP contribution is 2.27. The van der Waals surface area contributed by atoms with Gasteiger partial charge in [-0.3, -0.25) is 5.43 Å². The fraction of sp³-hybridized carbons (Fsp3) is 0.889. The molecule has 3 rings (SSSR count). The highest BCUT2D eigenvalue weighted by atomic mass is 19.4. The summed E-state index contributed by atoms with van der Waals surface area (Å²) in [6, 6.07) is 0. The summed E-state index contributed by atoms with van der Waals surface area (Å²) in [6.07, 6.45) is -4.03. The second-order valence-corrected chi connectivity index (χ2v) is 4.13. The quantitative estimate of drug-likeness (QED) is 0.682. The Labute approximate surface area is 90.7 Å². The van der Waals surface area contributed by atoms with Crippen LogP contribution in [-0.4, -0.2) is 42.9 Å². The predicted octanol–water partition coefficient (Wildman–Crippen LogP) is 0.691. The van der Waals surface area contributed by atoms with Crippen LogP contribution in [0, 0.1) is 5.92 Å². The van der Waals surface area contributed by atoms with E-state index in [9.17, 15) is 18.0 Å². The molecule has 1 unspecified atom stereocenters. The largest absolute Gasteiger partial charge is 0.490 e. The Morgan fingerprint density at radius 1 is 1.31 bits per heavy atom. The molecule has 3 fully saturated rings. The molecule has 1 N–H and O–H groups in total. The van der Waals surface area contributed by atoms with Crippen molar-refractivity contribution in [2.45, 2.75) is 25.1 Å². The first-order valence-electron chi connectivity index (χ1n) is 5.23. The Morgan fingerprint density at radius 3 is 2.50 bits per heavy atom. The molecule has 0 saturated carbocycles. The first-order valence-corrected chi connectivity index (χ1v) is 5.23. The van der Waals surface area contributed by atoms with Crippen LogP contribution in [0.25, 0.3) is 0 Å². The van der Waals surface area contributed by atoms with Crippen LogP contribution in [0.5, 0.6) is 0 Å². The molecule has 0 spiro atoms. The number of esters is 1. The van der Waals surface area contributed by atoms with Gasteiger partial charge in [0.1, 0.15) is 6.10 Å². The lowest BCUT2D eigenvalue weighted by Gasteiger charge is -2.27. The number of piperidine rings is 1. The first kappa shape index (κ1) is 11.7. The van der Waals surface area contributed by atoms with Crippen LogP contribution >= 0.6 is 0 Å². The number of fused-ring (bicyclic) bond motifs is 4. The van der Waals surface area contributed by atoms with Gasteiger partial charge in [-0.15, -0.1) is 0 Å². The Hall–Kier alpha value is -0.820. The second-order valence-electron chi connectivity index (χ2n) is 4.13. The third-order valence-corrected chi connectivity index (χ3v) is 3.07. The average molecular weight is 238 g/mol. The van der Waals surface area contributed by atoms with Crippen molar-refractivity contribution in [1.29, 1.82) is 0 Å². The molecule has 2 bridgehead atoms. The van der Waals surface area contributed by atoms with Crippen molar-refractivity contribution in [3.05, 3.63) is 0 Å². The summed E-state index contributed by atoms with van der Waals surface area (Å²) >= 11 is 0. The van der Waals surface area contributed by atoms with Gasteiger partial charge >= 0.3 is 12.1 Å². The van der Waals surface area contributed by atoms with Gasteiger partial charge < -0.3 is 4.74 Å². The molecule has 0 amide bonds. The molecule has 92 valence electrons. The Bertz CT molecular complexity index is 274. The third kappa shape index (κ3) is 2.46. The number of rotatable bonds is 1. The van der Waals surface area contributed by atoms with E-state index in [-0.39, 0.29) is 12.5 Å². The summed E-state index contributed by atoms with van der Waals surface area (Å²) in [5.41, 5.74) is 2.97. The topological polar surface area (TPSA) is 41.6 Å². The Kier molecular flexibility index (Phi) is 3.07. The fourth-order valence-corrected chi connectivity index (χ4v) is 2.16. The molecule has 3 heterocycles. The molecule has 0 aromatic carbocycles. The maximum Gasteiger partial charge on any atom is 0.490 e. The van der Waals surface area contributed by atoms with Crippen LogP contribution in [0.15, 0.2) is 0 Å². The van der Waals surface area contributed by atoms with Crippen molar-refractivity contribution >= 4 is 5.97 Å². The molecule has 3 aliphatic rings. The molecule has 0 aromatic rings. The smallest absolute Gasteiger partial charge is 0.454 e. The van der Waals surface area contributed by atoms with Gasteiger partial charge in [0.05, 0.1) is 0 Å². The zero-order valence-electron chi connectivity index (χ0n) is 8.59. The number of ether oxygens (including phenoxy) is 1. The van der Waals surface area contributed by atoms with Crippen LogP contribution in [0.2, 0.25) is 0 Å². The minimum Gasteiger partial charge on any atom is -0.454 e. The van der Waals surface area contributed by atoms with Crippen molar-refractivity contribution < 1.29 is 22.7 Å². The van der Waals surface area contributed by atoms with E-state index in [1.54, 1.807) is 0 Å². The molecular weight excluding hydrogens is 225 g/mol. The van der Waals surface area contributed by atoms with Gasteiger partial charge in [-0.05, 0) is 18.8 Å². The van der Waals surface area contributed by atoms with Crippen LogP contribution in [0.4, 0.5) is 13.2 Å². The SMILES string of the molecule is O=C(OC1CNN2CCC1CC2)C(F)(F)F. The molecule has 0 aromatic heterocycles. The van der Waals surface area contributed by atoms with Gasteiger partial charge in [-0.25, -0.2) is 9.80 Å². The summed E-state index contributed by atoms with van der Waals surface area (Å²) in [7, 11) is 0. The van der Waals surface area contributed by atoms with Crippen molar-refractivity contribution in [1.82, 2.24) is 10.4 Å². The molecule has 0 radical (unpaired) electrons. The zero-order chi connectivity index (χ0) is 11.8. The molecule has 7 heteroatoms. The standard InChI is InChI=1S/C9H13F3N2O2/c10-9(11,12)8(15)16-7-5-13-14-3-1-6(7)2-4-14/h6-7,13H,1-5H2. The maximum absolute atomic E-state index is 12.0. The van der Waals surface area contributed by atoms with Gasteiger partial charge in [0, 0.05) is 19.6 Å². The normalized spacial score (nSPS) is 34.6. The summed E-state index contributed by atoms with van der Waals surface area (Å²) < 4.78 is 40.6. The minimum absolute atomic E-state index is 0.0394. The minimum atomic E-state index is -4.90. The Morgan fingerprint density at radius 2 is 1.94 bits per heavy atom. The number of hydrogen-bond donors (Lipinski definition) is 1. The van der Waals surface area contributed by atoms with E-state index in [1.807, 2.05) is 5.01 Å². The molecular formula is C9H13F3N2O2. The van der Waals surface area contributed by atoms with Crippen molar-refractivity contribution in [3.8, 4) is 0 Å². The zero-order valence-corrected chi connectivity index (χ0v) is 8.59. The van der Waals surface area contributed by atoms with Gasteiger partial charge in [0.15, 0.2) is 0 Å². The van der Waals surface area contributed by atoms with Crippen LogP contribution in [0.1, 0.15) is 12.8 Å². The number of hydrogen-bond acceptors (Lipinski definition) is 4. The summed E-state index contributed by atoms with van der Waals surface area (Å²) in [5, 5.41) is 1.96. The monoisotopic (exact) mass is 238 g/mol. The van der Waals surface area contributed by atoms with E-state index >= 15 is 0 Å². The van der Waals surface area contributed by atoms with Crippen molar-refractivity contribution in [2.75, 3.05) is 19.6 Å². The lowest BCUT2D eigenvalue weighted by molar-refractivity contribution is -0.206. The molecule has 1 atom stereocenters. The van der Waals surface area contributed by atoms with E-state index in [0.717, 1.165) is 25.9 Å². The predicted molar refractivity (Wildman–Crippen MR) is 48.2 cm³/mol. The van der Waals surface area contributed by atoms with E-state index in [4.69, 9.17) is 0 Å². The van der Waals surface area contributed by atoms with Gasteiger partial charge in [-0.2, -0.15) is 13.2 Å². The number of halogens is 3. The van der Waals surface area contributed by atoms with E-state index in [1.165, 1.54) is 0 Å². The first-order chi connectivity index (χ1) is 7.47. The summed E-state index contributed by atoms with van der Waals surface area (Å²) in [5.74, 6) is -2.04. The Balaban J connectivity index is 1.96. The summed E-state index contributed by atoms with van der Waals surface area (Å²) in [6.45, 7) is 1.86.